The SMILES string of the molecule is Cc1nnc(N2CC[C@@H]3OCCC[C@]3(COCC(=O)N(C)C)C2)s1. The van der Waals surface area contributed by atoms with Gasteiger partial charge in [0.05, 0.1) is 12.7 Å². The van der Waals surface area contributed by atoms with Crippen molar-refractivity contribution in [1.82, 2.24) is 15.1 Å². The van der Waals surface area contributed by atoms with Crippen molar-refractivity contribution in [3.63, 3.8) is 0 Å². The van der Waals surface area contributed by atoms with Gasteiger partial charge in [-0.05, 0) is 26.2 Å². The van der Waals surface area contributed by atoms with Gasteiger partial charge in [0.1, 0.15) is 11.6 Å². The van der Waals surface area contributed by atoms with Crippen molar-refractivity contribution in [2.45, 2.75) is 32.3 Å². The zero-order valence-corrected chi connectivity index (χ0v) is 15.5. The molecule has 2 saturated heterocycles. The number of hydrogen-bond donors (Lipinski definition) is 0. The fraction of sp³-hybridized carbons (Fsp3) is 0.812. The highest BCUT2D eigenvalue weighted by Gasteiger charge is 2.46. The molecule has 0 unspecified atom stereocenters. The highest BCUT2D eigenvalue weighted by molar-refractivity contribution is 7.15. The van der Waals surface area contributed by atoms with Gasteiger partial charge in [-0.1, -0.05) is 11.3 Å². The van der Waals surface area contributed by atoms with Crippen LogP contribution in [0.5, 0.6) is 0 Å². The van der Waals surface area contributed by atoms with E-state index in [9.17, 15) is 4.79 Å². The summed E-state index contributed by atoms with van der Waals surface area (Å²) in [5.41, 5.74) is -0.0668. The van der Waals surface area contributed by atoms with Crippen molar-refractivity contribution in [2.24, 2.45) is 5.41 Å². The van der Waals surface area contributed by atoms with Crippen LogP contribution in [0.15, 0.2) is 0 Å². The average Bonchev–Trinajstić information content (AvgIpc) is 3.00. The number of piperidine rings is 1. The molecule has 0 radical (unpaired) electrons. The highest BCUT2D eigenvalue weighted by Crippen LogP contribution is 2.42. The number of hydrogen-bond acceptors (Lipinski definition) is 7. The van der Waals surface area contributed by atoms with E-state index in [0.29, 0.717) is 6.61 Å². The molecule has 0 spiro atoms. The number of ether oxygens (including phenoxy) is 2. The van der Waals surface area contributed by atoms with Crippen molar-refractivity contribution in [1.29, 1.82) is 0 Å². The molecule has 0 bridgehead atoms. The molecule has 0 saturated carbocycles. The van der Waals surface area contributed by atoms with Crippen molar-refractivity contribution >= 4 is 22.4 Å². The van der Waals surface area contributed by atoms with Crippen LogP contribution in [-0.2, 0) is 14.3 Å². The Morgan fingerprint density at radius 1 is 1.50 bits per heavy atom. The van der Waals surface area contributed by atoms with E-state index < -0.39 is 0 Å². The van der Waals surface area contributed by atoms with Crippen LogP contribution >= 0.6 is 11.3 Å². The van der Waals surface area contributed by atoms with Gasteiger partial charge in [-0.25, -0.2) is 0 Å². The van der Waals surface area contributed by atoms with Crippen LogP contribution in [0.1, 0.15) is 24.3 Å². The molecular weight excluding hydrogens is 328 g/mol. The lowest BCUT2D eigenvalue weighted by molar-refractivity contribution is -0.144. The van der Waals surface area contributed by atoms with Gasteiger partial charge < -0.3 is 19.3 Å². The summed E-state index contributed by atoms with van der Waals surface area (Å²) in [5, 5.41) is 10.4. The average molecular weight is 354 g/mol. The van der Waals surface area contributed by atoms with Gasteiger partial charge in [0.15, 0.2) is 0 Å². The molecule has 2 aliphatic rings. The van der Waals surface area contributed by atoms with Crippen molar-refractivity contribution in [3.8, 4) is 0 Å². The lowest BCUT2D eigenvalue weighted by Gasteiger charge is -2.50. The Balaban J connectivity index is 1.68. The zero-order chi connectivity index (χ0) is 17.2. The zero-order valence-electron chi connectivity index (χ0n) is 14.7. The maximum atomic E-state index is 11.8. The molecular formula is C16H26N4O3S. The normalized spacial score (nSPS) is 27.0. The minimum absolute atomic E-state index is 0.00732. The molecule has 2 fully saturated rings. The van der Waals surface area contributed by atoms with Crippen LogP contribution in [0.2, 0.25) is 0 Å². The van der Waals surface area contributed by atoms with E-state index in [4.69, 9.17) is 9.47 Å². The van der Waals surface area contributed by atoms with E-state index in [1.807, 2.05) is 6.92 Å². The second kappa shape index (κ2) is 7.33. The molecule has 8 heteroatoms. The number of anilines is 1. The maximum absolute atomic E-state index is 11.8. The fourth-order valence-electron chi connectivity index (χ4n) is 3.55. The Morgan fingerprint density at radius 3 is 3.04 bits per heavy atom. The molecule has 24 heavy (non-hydrogen) atoms. The smallest absolute Gasteiger partial charge is 0.248 e. The highest BCUT2D eigenvalue weighted by atomic mass is 32.1. The summed E-state index contributed by atoms with van der Waals surface area (Å²) in [6.07, 6.45) is 3.25. The Morgan fingerprint density at radius 2 is 2.33 bits per heavy atom. The van der Waals surface area contributed by atoms with Gasteiger partial charge in [0.25, 0.3) is 0 Å². The Kier molecular flexibility index (Phi) is 5.36. The van der Waals surface area contributed by atoms with Crippen molar-refractivity contribution in [2.75, 3.05) is 51.9 Å². The maximum Gasteiger partial charge on any atom is 0.248 e. The lowest BCUT2D eigenvalue weighted by Crippen LogP contribution is -2.57. The molecule has 3 heterocycles. The van der Waals surface area contributed by atoms with Crippen molar-refractivity contribution in [3.05, 3.63) is 5.01 Å². The van der Waals surface area contributed by atoms with E-state index in [0.717, 1.165) is 49.1 Å². The van der Waals surface area contributed by atoms with Crippen LogP contribution in [0, 0.1) is 12.3 Å². The standard InChI is InChI=1S/C16H26N4O3S/c1-12-17-18-15(24-12)20-7-5-13-16(10-20,6-4-8-23-13)11-22-9-14(21)19(2)3/h13H,4-11H2,1-3H3/t13-,16+/m0/s1. The number of aromatic nitrogens is 2. The first-order chi connectivity index (χ1) is 11.5. The van der Waals surface area contributed by atoms with Crippen LogP contribution in [0.3, 0.4) is 0 Å². The molecule has 0 N–H and O–H groups in total. The topological polar surface area (TPSA) is 67.8 Å². The minimum atomic E-state index is -0.0668. The second-order valence-corrected chi connectivity index (χ2v) is 8.08. The summed E-state index contributed by atoms with van der Waals surface area (Å²) in [6.45, 7) is 5.25. The molecule has 1 aromatic rings. The quantitative estimate of drug-likeness (QED) is 0.795. The van der Waals surface area contributed by atoms with Gasteiger partial charge in [0.2, 0.25) is 11.0 Å². The Labute approximate surface area is 146 Å². The number of carbonyl (C=O) groups excluding carboxylic acids is 1. The number of carbonyl (C=O) groups is 1. The van der Waals surface area contributed by atoms with Gasteiger partial charge in [0, 0.05) is 39.2 Å². The first-order valence-corrected chi connectivity index (χ1v) is 9.26. The number of nitrogens with zero attached hydrogens (tertiary/aromatic N) is 4. The fourth-order valence-corrected chi connectivity index (χ4v) is 4.26. The van der Waals surface area contributed by atoms with Crippen LogP contribution in [-0.4, -0.2) is 74.1 Å². The molecule has 2 atom stereocenters. The number of fused-ring (bicyclic) bond motifs is 1. The molecule has 1 aromatic heterocycles. The summed E-state index contributed by atoms with van der Waals surface area (Å²) in [4.78, 5) is 15.6. The minimum Gasteiger partial charge on any atom is -0.377 e. The molecule has 3 rings (SSSR count). The lowest BCUT2D eigenvalue weighted by atomic mass is 9.73. The largest absolute Gasteiger partial charge is 0.377 e. The third-order valence-electron chi connectivity index (χ3n) is 4.89. The predicted octanol–water partition coefficient (Wildman–Crippen LogP) is 1.33. The Hall–Kier alpha value is -1.25. The van der Waals surface area contributed by atoms with Gasteiger partial charge in [-0.3, -0.25) is 4.79 Å². The number of likely N-dealkylation sites (N-methyl/N-ethyl adjacent to an activating group) is 1. The van der Waals surface area contributed by atoms with E-state index in [2.05, 4.69) is 15.1 Å². The van der Waals surface area contributed by atoms with Gasteiger partial charge in [-0.2, -0.15) is 0 Å². The van der Waals surface area contributed by atoms with Crippen molar-refractivity contribution < 1.29 is 14.3 Å². The Bertz CT molecular complexity index is 579. The van der Waals surface area contributed by atoms with Gasteiger partial charge >= 0.3 is 0 Å². The summed E-state index contributed by atoms with van der Waals surface area (Å²) < 4.78 is 11.9. The first kappa shape index (κ1) is 17.6. The summed E-state index contributed by atoms with van der Waals surface area (Å²) in [5.74, 6) is -0.00732. The number of rotatable bonds is 5. The van der Waals surface area contributed by atoms with Crippen LogP contribution < -0.4 is 4.90 Å². The third-order valence-corrected chi connectivity index (χ3v) is 5.79. The molecule has 0 aromatic carbocycles. The van der Waals surface area contributed by atoms with Crippen LogP contribution in [0.4, 0.5) is 5.13 Å². The molecule has 2 aliphatic heterocycles. The molecule has 7 nitrogen and oxygen atoms in total. The van der Waals surface area contributed by atoms with Gasteiger partial charge in [-0.15, -0.1) is 10.2 Å². The third kappa shape index (κ3) is 3.70. The van der Waals surface area contributed by atoms with E-state index in [1.165, 1.54) is 0 Å². The van der Waals surface area contributed by atoms with E-state index in [1.54, 1.807) is 30.3 Å². The summed E-state index contributed by atoms with van der Waals surface area (Å²) in [6, 6.07) is 0. The monoisotopic (exact) mass is 354 g/mol. The number of aryl methyl sites for hydroxylation is 1. The molecule has 0 aliphatic carbocycles. The molecule has 134 valence electrons. The van der Waals surface area contributed by atoms with E-state index >= 15 is 0 Å². The summed E-state index contributed by atoms with van der Waals surface area (Å²) >= 11 is 1.63. The molecule has 1 amide bonds. The summed E-state index contributed by atoms with van der Waals surface area (Å²) in [7, 11) is 3.49. The van der Waals surface area contributed by atoms with Crippen LogP contribution in [0.25, 0.3) is 0 Å². The first-order valence-electron chi connectivity index (χ1n) is 8.45. The van der Waals surface area contributed by atoms with E-state index in [-0.39, 0.29) is 24.0 Å². The number of amides is 1. The second-order valence-electron chi connectivity index (χ2n) is 6.92. The predicted molar refractivity (Wildman–Crippen MR) is 92.4 cm³/mol.